The summed E-state index contributed by atoms with van der Waals surface area (Å²) in [5, 5.41) is 9.29. The maximum atomic E-state index is 11.3. The molecule has 0 aliphatic heterocycles. The molecule has 0 spiro atoms. The van der Waals surface area contributed by atoms with Crippen molar-refractivity contribution in [3.05, 3.63) is 0 Å². The summed E-state index contributed by atoms with van der Waals surface area (Å²) in [6.07, 6.45) is 9.81. The Morgan fingerprint density at radius 3 is 2.85 bits per heavy atom. The van der Waals surface area contributed by atoms with Crippen LogP contribution in [0.2, 0.25) is 0 Å². The van der Waals surface area contributed by atoms with Crippen LogP contribution in [0.5, 0.6) is 0 Å². The fourth-order valence-electron chi connectivity index (χ4n) is 3.93. The molecule has 2 rings (SSSR count). The van der Waals surface area contributed by atoms with E-state index in [-0.39, 0.29) is 5.92 Å². The molecule has 4 nitrogen and oxygen atoms in total. The van der Waals surface area contributed by atoms with E-state index < -0.39 is 11.5 Å². The lowest BCUT2D eigenvalue weighted by Crippen LogP contribution is -2.51. The molecule has 2 aliphatic rings. The number of carboxylic acids is 1. The molecule has 0 heterocycles. The Hall–Kier alpha value is -0.610. The first-order valence-electron chi connectivity index (χ1n) is 8.20. The number of aliphatic carboxylic acids is 1. The highest BCUT2D eigenvalue weighted by Gasteiger charge is 2.45. The van der Waals surface area contributed by atoms with Crippen LogP contribution in [0.15, 0.2) is 0 Å². The second-order valence-electron chi connectivity index (χ2n) is 6.66. The molecule has 0 radical (unpaired) electrons. The molecule has 0 amide bonds. The van der Waals surface area contributed by atoms with E-state index in [9.17, 15) is 9.90 Å². The van der Waals surface area contributed by atoms with E-state index in [0.717, 1.165) is 31.6 Å². The minimum atomic E-state index is -1.01. The number of hydrogen-bond donors (Lipinski definition) is 2. The van der Waals surface area contributed by atoms with E-state index in [1.54, 1.807) is 0 Å². The van der Waals surface area contributed by atoms with Gasteiger partial charge in [-0.05, 0) is 43.9 Å². The zero-order valence-electron chi connectivity index (χ0n) is 12.6. The summed E-state index contributed by atoms with van der Waals surface area (Å²) in [5.41, 5.74) is 5.04. The third kappa shape index (κ3) is 3.53. The normalized spacial score (nSPS) is 38.0. The molecule has 2 aliphatic carbocycles. The maximum absolute atomic E-state index is 11.3. The maximum Gasteiger partial charge on any atom is 0.323 e. The summed E-state index contributed by atoms with van der Waals surface area (Å²) in [6, 6.07) is 0. The molecule has 0 aromatic carbocycles. The summed E-state index contributed by atoms with van der Waals surface area (Å²) >= 11 is 0. The first kappa shape index (κ1) is 15.8. The topological polar surface area (TPSA) is 72.5 Å². The van der Waals surface area contributed by atoms with Crippen LogP contribution in [0, 0.1) is 11.8 Å². The number of carbonyl (C=O) groups is 1. The van der Waals surface area contributed by atoms with Crippen molar-refractivity contribution >= 4 is 5.97 Å². The SMILES string of the molecule is CCC1CCCC(OCCC2CCCC2(N)C(=O)O)C1. The second-order valence-corrected chi connectivity index (χ2v) is 6.66. The Labute approximate surface area is 122 Å². The number of hydrogen-bond acceptors (Lipinski definition) is 3. The average molecular weight is 283 g/mol. The molecule has 0 saturated heterocycles. The van der Waals surface area contributed by atoms with Crippen LogP contribution in [-0.2, 0) is 9.53 Å². The zero-order chi connectivity index (χ0) is 14.6. The number of ether oxygens (including phenoxy) is 1. The van der Waals surface area contributed by atoms with Gasteiger partial charge in [0.05, 0.1) is 6.10 Å². The van der Waals surface area contributed by atoms with Gasteiger partial charge < -0.3 is 15.6 Å². The smallest absolute Gasteiger partial charge is 0.323 e. The quantitative estimate of drug-likeness (QED) is 0.786. The van der Waals surface area contributed by atoms with Gasteiger partial charge in [0.2, 0.25) is 0 Å². The van der Waals surface area contributed by atoms with Crippen LogP contribution in [0.4, 0.5) is 0 Å². The van der Waals surface area contributed by atoms with Crippen molar-refractivity contribution in [2.75, 3.05) is 6.61 Å². The first-order valence-corrected chi connectivity index (χ1v) is 8.20. The molecular weight excluding hydrogens is 254 g/mol. The highest BCUT2D eigenvalue weighted by molar-refractivity contribution is 5.79. The Balaban J connectivity index is 1.74. The summed E-state index contributed by atoms with van der Waals surface area (Å²) in [6.45, 7) is 2.92. The molecule has 3 N–H and O–H groups in total. The van der Waals surface area contributed by atoms with E-state index in [1.807, 2.05) is 0 Å². The number of carboxylic acid groups (broad SMARTS) is 1. The summed E-state index contributed by atoms with van der Waals surface area (Å²) < 4.78 is 6.00. The van der Waals surface area contributed by atoms with Gasteiger partial charge >= 0.3 is 5.97 Å². The Bertz CT molecular complexity index is 334. The fraction of sp³-hybridized carbons (Fsp3) is 0.938. The zero-order valence-corrected chi connectivity index (χ0v) is 12.6. The lowest BCUT2D eigenvalue weighted by molar-refractivity contribution is -0.145. The van der Waals surface area contributed by atoms with Gasteiger partial charge in [0.25, 0.3) is 0 Å². The summed E-state index contributed by atoms with van der Waals surface area (Å²) in [7, 11) is 0. The fourth-order valence-corrected chi connectivity index (χ4v) is 3.93. The van der Waals surface area contributed by atoms with Gasteiger partial charge in [-0.3, -0.25) is 4.79 Å². The van der Waals surface area contributed by atoms with Crippen molar-refractivity contribution in [1.29, 1.82) is 0 Å². The van der Waals surface area contributed by atoms with Crippen molar-refractivity contribution in [3.8, 4) is 0 Å². The monoisotopic (exact) mass is 283 g/mol. The van der Waals surface area contributed by atoms with Crippen LogP contribution in [-0.4, -0.2) is 29.3 Å². The summed E-state index contributed by atoms with van der Waals surface area (Å²) in [5.74, 6) is 0.0436. The van der Waals surface area contributed by atoms with Crippen molar-refractivity contribution in [1.82, 2.24) is 0 Å². The Morgan fingerprint density at radius 1 is 1.35 bits per heavy atom. The standard InChI is InChI=1S/C16H29NO3/c1-2-12-5-3-7-14(11-12)20-10-8-13-6-4-9-16(13,17)15(18)19/h12-14H,2-11,17H2,1H3,(H,18,19). The average Bonchev–Trinajstić information content (AvgIpc) is 2.82. The largest absolute Gasteiger partial charge is 0.480 e. The Kier molecular flexibility index (Phi) is 5.44. The van der Waals surface area contributed by atoms with Gasteiger partial charge in [0, 0.05) is 6.61 Å². The van der Waals surface area contributed by atoms with E-state index in [1.165, 1.54) is 25.7 Å². The first-order chi connectivity index (χ1) is 9.56. The minimum Gasteiger partial charge on any atom is -0.480 e. The van der Waals surface area contributed by atoms with E-state index in [2.05, 4.69) is 6.92 Å². The van der Waals surface area contributed by atoms with Gasteiger partial charge in [-0.2, -0.15) is 0 Å². The van der Waals surface area contributed by atoms with E-state index >= 15 is 0 Å². The van der Waals surface area contributed by atoms with Crippen molar-refractivity contribution in [2.24, 2.45) is 17.6 Å². The predicted octanol–water partition coefficient (Wildman–Crippen LogP) is 2.94. The lowest BCUT2D eigenvalue weighted by atomic mass is 9.85. The van der Waals surface area contributed by atoms with Gasteiger partial charge in [0.1, 0.15) is 5.54 Å². The van der Waals surface area contributed by atoms with Gasteiger partial charge in [-0.1, -0.05) is 32.6 Å². The van der Waals surface area contributed by atoms with Gasteiger partial charge in [-0.15, -0.1) is 0 Å². The third-order valence-corrected chi connectivity index (χ3v) is 5.40. The molecule has 0 aromatic rings. The molecule has 4 heteroatoms. The van der Waals surface area contributed by atoms with Crippen molar-refractivity contribution in [3.63, 3.8) is 0 Å². The highest BCUT2D eigenvalue weighted by atomic mass is 16.5. The Morgan fingerprint density at radius 2 is 2.15 bits per heavy atom. The van der Waals surface area contributed by atoms with Gasteiger partial charge in [0.15, 0.2) is 0 Å². The molecule has 4 atom stereocenters. The molecule has 20 heavy (non-hydrogen) atoms. The second kappa shape index (κ2) is 6.90. The van der Waals surface area contributed by atoms with Crippen LogP contribution in [0.25, 0.3) is 0 Å². The molecule has 4 unspecified atom stereocenters. The van der Waals surface area contributed by atoms with Crippen molar-refractivity contribution < 1.29 is 14.6 Å². The van der Waals surface area contributed by atoms with Gasteiger partial charge in [-0.25, -0.2) is 0 Å². The van der Waals surface area contributed by atoms with Crippen molar-refractivity contribution in [2.45, 2.75) is 76.4 Å². The molecule has 2 saturated carbocycles. The molecule has 2 fully saturated rings. The minimum absolute atomic E-state index is 0.0746. The van der Waals surface area contributed by atoms with E-state index in [0.29, 0.717) is 19.1 Å². The van der Waals surface area contributed by atoms with Crippen LogP contribution >= 0.6 is 0 Å². The number of rotatable bonds is 6. The van der Waals surface area contributed by atoms with Crippen LogP contribution in [0.3, 0.4) is 0 Å². The lowest BCUT2D eigenvalue weighted by Gasteiger charge is -2.30. The molecule has 116 valence electrons. The molecule has 0 aromatic heterocycles. The third-order valence-electron chi connectivity index (χ3n) is 5.40. The number of nitrogens with two attached hydrogens (primary N) is 1. The van der Waals surface area contributed by atoms with Crippen LogP contribution in [0.1, 0.15) is 64.7 Å². The predicted molar refractivity (Wildman–Crippen MR) is 78.5 cm³/mol. The molecular formula is C16H29NO3. The highest BCUT2D eigenvalue weighted by Crippen LogP contribution is 2.36. The van der Waals surface area contributed by atoms with E-state index in [4.69, 9.17) is 10.5 Å². The van der Waals surface area contributed by atoms with Crippen LogP contribution < -0.4 is 5.73 Å². The summed E-state index contributed by atoms with van der Waals surface area (Å²) in [4.78, 5) is 11.3. The molecule has 0 bridgehead atoms.